The maximum atomic E-state index is 6.31. The third-order valence-corrected chi connectivity index (χ3v) is 4.44. The third kappa shape index (κ3) is 3.47. The van der Waals surface area contributed by atoms with E-state index < -0.39 is 0 Å². The van der Waals surface area contributed by atoms with E-state index in [9.17, 15) is 0 Å². The molecule has 84 valence electrons. The van der Waals surface area contributed by atoms with Crippen LogP contribution in [-0.2, 0) is 6.54 Å². The van der Waals surface area contributed by atoms with Crippen molar-refractivity contribution in [2.75, 3.05) is 6.54 Å². The molecule has 2 unspecified atom stereocenters. The number of thiophene rings is 1. The number of hydrogen-bond acceptors (Lipinski definition) is 2. The minimum atomic E-state index is 0.397. The number of nitrogens with one attached hydrogen (secondary N) is 1. The van der Waals surface area contributed by atoms with Gasteiger partial charge in [0.1, 0.15) is 0 Å². The largest absolute Gasteiger partial charge is 0.312 e. The molecule has 0 saturated heterocycles. The Bertz CT molecular complexity index is 273. The molecule has 2 atom stereocenters. The zero-order valence-electron chi connectivity index (χ0n) is 8.92. The van der Waals surface area contributed by atoms with Crippen molar-refractivity contribution in [1.82, 2.24) is 5.32 Å². The van der Waals surface area contributed by atoms with Gasteiger partial charge in [-0.1, -0.05) is 12.8 Å². The minimum Gasteiger partial charge on any atom is -0.312 e. The maximum absolute atomic E-state index is 6.31. The Labute approximate surface area is 101 Å². The van der Waals surface area contributed by atoms with Gasteiger partial charge >= 0.3 is 0 Å². The third-order valence-electron chi connectivity index (χ3n) is 3.13. The van der Waals surface area contributed by atoms with Crippen LogP contribution in [0.5, 0.6) is 0 Å². The Hall–Kier alpha value is -0.0500. The fraction of sp³-hybridized carbons (Fsp3) is 0.667. The van der Waals surface area contributed by atoms with Crippen LogP contribution in [0.25, 0.3) is 0 Å². The van der Waals surface area contributed by atoms with Crippen LogP contribution in [0.15, 0.2) is 16.8 Å². The molecule has 3 heteroatoms. The molecule has 15 heavy (non-hydrogen) atoms. The minimum absolute atomic E-state index is 0.397. The summed E-state index contributed by atoms with van der Waals surface area (Å²) in [6.07, 6.45) is 5.17. The van der Waals surface area contributed by atoms with Crippen molar-refractivity contribution in [1.29, 1.82) is 0 Å². The summed E-state index contributed by atoms with van der Waals surface area (Å²) in [6.45, 7) is 2.06. The lowest BCUT2D eigenvalue weighted by atomic mass is 9.89. The molecule has 0 bridgehead atoms. The normalized spacial score (nSPS) is 26.7. The van der Waals surface area contributed by atoms with Crippen LogP contribution in [0.1, 0.15) is 31.2 Å². The van der Waals surface area contributed by atoms with Gasteiger partial charge in [-0.2, -0.15) is 11.3 Å². The number of halogens is 1. The summed E-state index contributed by atoms with van der Waals surface area (Å²) in [4.78, 5) is 0. The van der Waals surface area contributed by atoms with Gasteiger partial charge in [-0.15, -0.1) is 11.6 Å². The number of alkyl halides is 1. The van der Waals surface area contributed by atoms with Crippen molar-refractivity contribution in [2.24, 2.45) is 5.92 Å². The Morgan fingerprint density at radius 3 is 3.00 bits per heavy atom. The first-order valence-corrected chi connectivity index (χ1v) is 7.10. The molecule has 1 N–H and O–H groups in total. The van der Waals surface area contributed by atoms with E-state index in [1.54, 1.807) is 11.3 Å². The summed E-state index contributed by atoms with van der Waals surface area (Å²) in [6, 6.07) is 2.18. The quantitative estimate of drug-likeness (QED) is 0.797. The molecule has 1 aromatic heterocycles. The zero-order chi connectivity index (χ0) is 10.5. The molecule has 0 aromatic carbocycles. The van der Waals surface area contributed by atoms with Crippen molar-refractivity contribution in [3.8, 4) is 0 Å². The summed E-state index contributed by atoms with van der Waals surface area (Å²) in [5.74, 6) is 0.680. The lowest BCUT2D eigenvalue weighted by molar-refractivity contribution is 0.348. The molecule has 0 aliphatic heterocycles. The van der Waals surface area contributed by atoms with Crippen molar-refractivity contribution >= 4 is 22.9 Å². The van der Waals surface area contributed by atoms with E-state index in [-0.39, 0.29) is 0 Å². The van der Waals surface area contributed by atoms with Crippen molar-refractivity contribution in [3.63, 3.8) is 0 Å². The standard InChI is InChI=1S/C12H18ClNS/c13-12-4-2-1-3-11(12)8-14-7-10-5-6-15-9-10/h5-6,9,11-12,14H,1-4,7-8H2. The average Bonchev–Trinajstić information content (AvgIpc) is 2.74. The first kappa shape index (κ1) is 11.4. The summed E-state index contributed by atoms with van der Waals surface area (Å²) in [5, 5.41) is 8.23. The molecule has 1 heterocycles. The van der Waals surface area contributed by atoms with E-state index in [4.69, 9.17) is 11.6 Å². The summed E-state index contributed by atoms with van der Waals surface area (Å²) in [5.41, 5.74) is 1.39. The topological polar surface area (TPSA) is 12.0 Å². The van der Waals surface area contributed by atoms with Crippen LogP contribution < -0.4 is 5.32 Å². The summed E-state index contributed by atoms with van der Waals surface area (Å²) < 4.78 is 0. The fourth-order valence-electron chi connectivity index (χ4n) is 2.19. The molecular formula is C12H18ClNS. The molecular weight excluding hydrogens is 226 g/mol. The fourth-order valence-corrected chi connectivity index (χ4v) is 3.23. The molecule has 1 saturated carbocycles. The molecule has 1 fully saturated rings. The highest BCUT2D eigenvalue weighted by atomic mass is 35.5. The van der Waals surface area contributed by atoms with Crippen LogP contribution in [-0.4, -0.2) is 11.9 Å². The van der Waals surface area contributed by atoms with Gasteiger partial charge in [0.2, 0.25) is 0 Å². The highest BCUT2D eigenvalue weighted by molar-refractivity contribution is 7.07. The lowest BCUT2D eigenvalue weighted by Crippen LogP contribution is -2.30. The molecule has 1 aliphatic rings. The maximum Gasteiger partial charge on any atom is 0.0376 e. The smallest absolute Gasteiger partial charge is 0.0376 e. The molecule has 2 rings (SSSR count). The van der Waals surface area contributed by atoms with Gasteiger partial charge in [0.25, 0.3) is 0 Å². The zero-order valence-corrected chi connectivity index (χ0v) is 10.5. The molecule has 1 nitrogen and oxygen atoms in total. The summed E-state index contributed by atoms with van der Waals surface area (Å²) >= 11 is 8.07. The second-order valence-corrected chi connectivity index (χ2v) is 5.66. The van der Waals surface area contributed by atoms with Crippen LogP contribution in [0.2, 0.25) is 0 Å². The van der Waals surface area contributed by atoms with Crippen LogP contribution in [0, 0.1) is 5.92 Å². The Morgan fingerprint density at radius 2 is 2.27 bits per heavy atom. The van der Waals surface area contributed by atoms with E-state index in [0.29, 0.717) is 11.3 Å². The predicted octanol–water partition coefficient (Wildman–Crippen LogP) is 3.64. The van der Waals surface area contributed by atoms with Gasteiger partial charge in [-0.25, -0.2) is 0 Å². The molecule has 0 spiro atoms. The molecule has 1 aliphatic carbocycles. The Balaban J connectivity index is 1.68. The second-order valence-electron chi connectivity index (χ2n) is 4.32. The monoisotopic (exact) mass is 243 g/mol. The van der Waals surface area contributed by atoms with Gasteiger partial charge in [0.05, 0.1) is 0 Å². The Kier molecular flexibility index (Phi) is 4.48. The summed E-state index contributed by atoms with van der Waals surface area (Å²) in [7, 11) is 0. The first-order chi connectivity index (χ1) is 7.36. The average molecular weight is 244 g/mol. The van der Waals surface area contributed by atoms with Gasteiger partial charge in [0.15, 0.2) is 0 Å². The van der Waals surface area contributed by atoms with E-state index in [0.717, 1.165) is 13.1 Å². The number of hydrogen-bond donors (Lipinski definition) is 1. The van der Waals surface area contributed by atoms with Crippen LogP contribution >= 0.6 is 22.9 Å². The van der Waals surface area contributed by atoms with Gasteiger partial charge in [-0.05, 0) is 47.7 Å². The number of rotatable bonds is 4. The highest BCUT2D eigenvalue weighted by Crippen LogP contribution is 2.28. The molecule has 0 radical (unpaired) electrons. The van der Waals surface area contributed by atoms with Crippen molar-refractivity contribution < 1.29 is 0 Å². The van der Waals surface area contributed by atoms with Gasteiger partial charge in [-0.3, -0.25) is 0 Å². The molecule has 1 aromatic rings. The Morgan fingerprint density at radius 1 is 1.40 bits per heavy atom. The van der Waals surface area contributed by atoms with Gasteiger partial charge < -0.3 is 5.32 Å². The van der Waals surface area contributed by atoms with Crippen LogP contribution in [0.4, 0.5) is 0 Å². The first-order valence-electron chi connectivity index (χ1n) is 5.72. The highest BCUT2D eigenvalue weighted by Gasteiger charge is 2.22. The SMILES string of the molecule is ClC1CCCCC1CNCc1ccsc1. The lowest BCUT2D eigenvalue weighted by Gasteiger charge is -2.27. The predicted molar refractivity (Wildman–Crippen MR) is 67.6 cm³/mol. The molecule has 0 amide bonds. The van der Waals surface area contributed by atoms with Crippen molar-refractivity contribution in [2.45, 2.75) is 37.6 Å². The van der Waals surface area contributed by atoms with E-state index in [2.05, 4.69) is 22.1 Å². The van der Waals surface area contributed by atoms with E-state index in [1.165, 1.54) is 31.2 Å². The van der Waals surface area contributed by atoms with E-state index >= 15 is 0 Å². The van der Waals surface area contributed by atoms with Crippen molar-refractivity contribution in [3.05, 3.63) is 22.4 Å². The van der Waals surface area contributed by atoms with E-state index in [1.807, 2.05) is 0 Å². The van der Waals surface area contributed by atoms with Gasteiger partial charge in [0, 0.05) is 11.9 Å². The van der Waals surface area contributed by atoms with Crippen LogP contribution in [0.3, 0.4) is 0 Å². The second kappa shape index (κ2) is 5.88.